The summed E-state index contributed by atoms with van der Waals surface area (Å²) in [7, 11) is 0. The Morgan fingerprint density at radius 1 is 1.11 bits per heavy atom. The molecular weight excluding hydrogens is 238 g/mol. The highest BCUT2D eigenvalue weighted by Gasteiger charge is 2.32. The zero-order valence-electron chi connectivity index (χ0n) is 12.4. The normalized spacial score (nSPS) is 27.4. The molecule has 1 N–H and O–H groups in total. The van der Waals surface area contributed by atoms with Crippen molar-refractivity contribution in [2.75, 3.05) is 0 Å². The van der Waals surface area contributed by atoms with Crippen molar-refractivity contribution >= 4 is 11.8 Å². The molecule has 1 aromatic rings. The molecule has 0 saturated carbocycles. The number of nitrogens with one attached hydrogen (secondary N) is 1. The summed E-state index contributed by atoms with van der Waals surface area (Å²) < 4.78 is 0. The van der Waals surface area contributed by atoms with Gasteiger partial charge in [-0.25, -0.2) is 0 Å². The first-order valence-electron chi connectivity index (χ1n) is 6.94. The Balaban J connectivity index is 2.45. The SMILES string of the molecule is Cc1cc2c(cc1C)C(NC(C)C)C(C)C(C)S2. The lowest BCUT2D eigenvalue weighted by atomic mass is 9.89. The van der Waals surface area contributed by atoms with Crippen molar-refractivity contribution in [1.29, 1.82) is 0 Å². The first-order valence-corrected chi connectivity index (χ1v) is 7.82. The standard InChI is InChI=1S/C16H25NS/c1-9(2)17-16-12(5)13(6)18-15-8-11(4)10(3)7-14(15)16/h7-9,12-13,16-17H,1-6H3. The summed E-state index contributed by atoms with van der Waals surface area (Å²) in [5.74, 6) is 0.673. The molecule has 2 rings (SSSR count). The Hall–Kier alpha value is -0.470. The lowest BCUT2D eigenvalue weighted by Gasteiger charge is -2.37. The number of benzene rings is 1. The second-order valence-electron chi connectivity index (χ2n) is 5.96. The largest absolute Gasteiger partial charge is 0.307 e. The molecule has 0 aliphatic carbocycles. The van der Waals surface area contributed by atoms with Gasteiger partial charge >= 0.3 is 0 Å². The lowest BCUT2D eigenvalue weighted by molar-refractivity contribution is 0.348. The molecule has 1 aromatic carbocycles. The average Bonchev–Trinajstić information content (AvgIpc) is 2.28. The third kappa shape index (κ3) is 2.60. The molecule has 0 bridgehead atoms. The van der Waals surface area contributed by atoms with Crippen molar-refractivity contribution in [1.82, 2.24) is 5.32 Å². The van der Waals surface area contributed by atoms with Gasteiger partial charge in [0.15, 0.2) is 0 Å². The Bertz CT molecular complexity index is 439. The minimum atomic E-state index is 0.496. The van der Waals surface area contributed by atoms with Gasteiger partial charge in [0, 0.05) is 22.2 Å². The molecule has 0 radical (unpaired) electrons. The first-order chi connectivity index (χ1) is 8.40. The van der Waals surface area contributed by atoms with E-state index < -0.39 is 0 Å². The van der Waals surface area contributed by atoms with E-state index >= 15 is 0 Å². The van der Waals surface area contributed by atoms with Crippen LogP contribution in [-0.4, -0.2) is 11.3 Å². The van der Waals surface area contributed by atoms with Crippen LogP contribution in [-0.2, 0) is 0 Å². The maximum absolute atomic E-state index is 3.75. The van der Waals surface area contributed by atoms with E-state index in [2.05, 4.69) is 59.0 Å². The maximum atomic E-state index is 3.75. The van der Waals surface area contributed by atoms with Crippen LogP contribution in [0.4, 0.5) is 0 Å². The zero-order chi connectivity index (χ0) is 13.4. The number of hydrogen-bond donors (Lipinski definition) is 1. The summed E-state index contributed by atoms with van der Waals surface area (Å²) in [5, 5.41) is 4.43. The Morgan fingerprint density at radius 2 is 1.72 bits per heavy atom. The highest BCUT2D eigenvalue weighted by atomic mass is 32.2. The van der Waals surface area contributed by atoms with Crippen LogP contribution in [0.5, 0.6) is 0 Å². The van der Waals surface area contributed by atoms with Crippen LogP contribution >= 0.6 is 11.8 Å². The summed E-state index contributed by atoms with van der Waals surface area (Å²) in [4.78, 5) is 1.47. The van der Waals surface area contributed by atoms with Crippen LogP contribution in [0.2, 0.25) is 0 Å². The molecule has 0 aromatic heterocycles. The van der Waals surface area contributed by atoms with E-state index in [1.54, 1.807) is 0 Å². The number of thioether (sulfide) groups is 1. The van der Waals surface area contributed by atoms with E-state index in [1.165, 1.54) is 21.6 Å². The summed E-state index contributed by atoms with van der Waals surface area (Å²) in [5.41, 5.74) is 4.32. The van der Waals surface area contributed by atoms with Crippen LogP contribution < -0.4 is 5.32 Å². The van der Waals surface area contributed by atoms with Gasteiger partial charge in [-0.1, -0.05) is 33.8 Å². The zero-order valence-corrected chi connectivity index (χ0v) is 13.2. The molecule has 0 fully saturated rings. The number of aryl methyl sites for hydroxylation is 2. The van der Waals surface area contributed by atoms with Crippen LogP contribution in [0, 0.1) is 19.8 Å². The second-order valence-corrected chi connectivity index (χ2v) is 7.37. The fourth-order valence-electron chi connectivity index (χ4n) is 2.62. The minimum absolute atomic E-state index is 0.496. The van der Waals surface area contributed by atoms with Crippen LogP contribution in [0.1, 0.15) is 50.4 Å². The van der Waals surface area contributed by atoms with Gasteiger partial charge in [0.05, 0.1) is 0 Å². The smallest absolute Gasteiger partial charge is 0.0369 e. The lowest BCUT2D eigenvalue weighted by Crippen LogP contribution is -2.38. The molecule has 18 heavy (non-hydrogen) atoms. The van der Waals surface area contributed by atoms with Crippen molar-refractivity contribution in [3.63, 3.8) is 0 Å². The van der Waals surface area contributed by atoms with E-state index in [0.717, 1.165) is 0 Å². The summed E-state index contributed by atoms with van der Waals surface area (Å²) >= 11 is 2.03. The summed E-state index contributed by atoms with van der Waals surface area (Å²) in [6.45, 7) is 13.6. The van der Waals surface area contributed by atoms with Crippen LogP contribution in [0.25, 0.3) is 0 Å². The van der Waals surface area contributed by atoms with Gasteiger partial charge in [-0.3, -0.25) is 0 Å². The molecule has 1 aliphatic rings. The van der Waals surface area contributed by atoms with Gasteiger partial charge in [-0.2, -0.15) is 0 Å². The molecule has 0 saturated heterocycles. The molecule has 0 spiro atoms. The minimum Gasteiger partial charge on any atom is -0.307 e. The van der Waals surface area contributed by atoms with Crippen LogP contribution in [0.3, 0.4) is 0 Å². The van der Waals surface area contributed by atoms with Crippen LogP contribution in [0.15, 0.2) is 17.0 Å². The van der Waals surface area contributed by atoms with E-state index in [-0.39, 0.29) is 0 Å². The van der Waals surface area contributed by atoms with E-state index in [0.29, 0.717) is 23.3 Å². The first kappa shape index (κ1) is 14.0. The highest BCUT2D eigenvalue weighted by Crippen LogP contribution is 2.45. The number of fused-ring (bicyclic) bond motifs is 1. The van der Waals surface area contributed by atoms with Gasteiger partial charge in [0.2, 0.25) is 0 Å². The van der Waals surface area contributed by atoms with Crippen molar-refractivity contribution in [2.24, 2.45) is 5.92 Å². The molecule has 3 unspecified atom stereocenters. The topological polar surface area (TPSA) is 12.0 Å². The molecule has 2 heteroatoms. The van der Waals surface area contributed by atoms with Crippen molar-refractivity contribution in [3.8, 4) is 0 Å². The fraction of sp³-hybridized carbons (Fsp3) is 0.625. The molecule has 1 nitrogen and oxygen atoms in total. The van der Waals surface area contributed by atoms with E-state index in [1.807, 2.05) is 11.8 Å². The molecule has 0 amide bonds. The second kappa shape index (κ2) is 5.26. The Kier molecular flexibility index (Phi) is 4.08. The molecule has 1 heterocycles. The Morgan fingerprint density at radius 3 is 2.33 bits per heavy atom. The molecular formula is C16H25NS. The monoisotopic (exact) mass is 263 g/mol. The quantitative estimate of drug-likeness (QED) is 0.844. The van der Waals surface area contributed by atoms with Crippen molar-refractivity contribution < 1.29 is 0 Å². The van der Waals surface area contributed by atoms with Crippen molar-refractivity contribution in [3.05, 3.63) is 28.8 Å². The predicted molar refractivity (Wildman–Crippen MR) is 81.4 cm³/mol. The van der Waals surface area contributed by atoms with E-state index in [9.17, 15) is 0 Å². The predicted octanol–water partition coefficient (Wildman–Crippen LogP) is 4.47. The maximum Gasteiger partial charge on any atom is 0.0369 e. The van der Waals surface area contributed by atoms with Gasteiger partial charge in [-0.05, 0) is 42.5 Å². The number of rotatable bonds is 2. The van der Waals surface area contributed by atoms with Crippen molar-refractivity contribution in [2.45, 2.75) is 63.8 Å². The van der Waals surface area contributed by atoms with Gasteiger partial charge in [-0.15, -0.1) is 11.8 Å². The summed E-state index contributed by atoms with van der Waals surface area (Å²) in [6.07, 6.45) is 0. The van der Waals surface area contributed by atoms with Gasteiger partial charge < -0.3 is 5.32 Å². The third-order valence-corrected chi connectivity index (χ3v) is 5.46. The van der Waals surface area contributed by atoms with E-state index in [4.69, 9.17) is 0 Å². The molecule has 100 valence electrons. The highest BCUT2D eigenvalue weighted by molar-refractivity contribution is 8.00. The van der Waals surface area contributed by atoms with Gasteiger partial charge in [0.1, 0.15) is 0 Å². The molecule has 3 atom stereocenters. The fourth-order valence-corrected chi connectivity index (χ4v) is 3.96. The summed E-state index contributed by atoms with van der Waals surface area (Å²) in [6, 6.07) is 5.78. The molecule has 1 aliphatic heterocycles. The third-order valence-electron chi connectivity index (χ3n) is 4.05. The number of hydrogen-bond acceptors (Lipinski definition) is 2. The van der Waals surface area contributed by atoms with Gasteiger partial charge in [0.25, 0.3) is 0 Å². The average molecular weight is 263 g/mol. The Labute approximate surface area is 116 Å².